The van der Waals surface area contributed by atoms with Gasteiger partial charge in [0.1, 0.15) is 11.8 Å². The summed E-state index contributed by atoms with van der Waals surface area (Å²) in [6.07, 6.45) is 3.01. The molecular formula is C39H47N3O6. The Hall–Kier alpha value is -4.66. The lowest BCUT2D eigenvalue weighted by molar-refractivity contribution is -0.152. The number of hydrogen-bond donors (Lipinski definition) is 2. The summed E-state index contributed by atoms with van der Waals surface area (Å²) in [7, 11) is 1.54. The minimum absolute atomic E-state index is 0.0309. The van der Waals surface area contributed by atoms with Gasteiger partial charge in [-0.1, -0.05) is 80.1 Å². The first-order valence-corrected chi connectivity index (χ1v) is 17.1. The Labute approximate surface area is 283 Å². The van der Waals surface area contributed by atoms with Crippen molar-refractivity contribution in [1.29, 1.82) is 0 Å². The number of piperidine rings is 1. The Morgan fingerprint density at radius 2 is 1.56 bits per heavy atom. The Bertz CT molecular complexity index is 1600. The Kier molecular flexibility index (Phi) is 11.2. The van der Waals surface area contributed by atoms with Crippen molar-refractivity contribution in [3.63, 3.8) is 0 Å². The SMILES string of the molecule is CCCC(NC(=O)[C@@]1(c2ccccc2)CC[C@H](C(=O)N2CCC(NC(=O)c3ccccc3OC)CC2)c2ccccc21)C(=O)OC(C)C. The van der Waals surface area contributed by atoms with E-state index in [1.54, 1.807) is 39.2 Å². The van der Waals surface area contributed by atoms with Gasteiger partial charge in [0.25, 0.3) is 5.91 Å². The first-order valence-electron chi connectivity index (χ1n) is 17.1. The number of carbonyl (C=O) groups excluding carboxylic acids is 4. The van der Waals surface area contributed by atoms with Crippen LogP contribution in [0.1, 0.15) is 92.3 Å². The molecule has 1 heterocycles. The van der Waals surface area contributed by atoms with E-state index in [2.05, 4.69) is 10.6 Å². The van der Waals surface area contributed by atoms with Crippen molar-refractivity contribution in [2.45, 2.75) is 88.8 Å². The van der Waals surface area contributed by atoms with Gasteiger partial charge in [0, 0.05) is 19.1 Å². The van der Waals surface area contributed by atoms with E-state index in [0.717, 1.165) is 16.7 Å². The van der Waals surface area contributed by atoms with Gasteiger partial charge in [-0.2, -0.15) is 0 Å². The second-order valence-corrected chi connectivity index (χ2v) is 13.0. The molecule has 2 N–H and O–H groups in total. The third-order valence-corrected chi connectivity index (χ3v) is 9.57. The zero-order valence-corrected chi connectivity index (χ0v) is 28.4. The number of para-hydroxylation sites is 1. The second-order valence-electron chi connectivity index (χ2n) is 13.0. The molecule has 0 bridgehead atoms. The fraction of sp³-hybridized carbons (Fsp3) is 0.436. The smallest absolute Gasteiger partial charge is 0.328 e. The molecule has 254 valence electrons. The average molecular weight is 654 g/mol. The summed E-state index contributed by atoms with van der Waals surface area (Å²) in [5, 5.41) is 6.18. The third kappa shape index (κ3) is 7.25. The molecule has 3 aromatic rings. The predicted octanol–water partition coefficient (Wildman–Crippen LogP) is 5.52. The molecule has 1 unspecified atom stereocenters. The van der Waals surface area contributed by atoms with E-state index in [9.17, 15) is 19.2 Å². The van der Waals surface area contributed by atoms with E-state index in [0.29, 0.717) is 62.9 Å². The van der Waals surface area contributed by atoms with Gasteiger partial charge in [-0.25, -0.2) is 4.79 Å². The van der Waals surface area contributed by atoms with Crippen LogP contribution in [0.3, 0.4) is 0 Å². The van der Waals surface area contributed by atoms with Crippen LogP contribution in [0.15, 0.2) is 78.9 Å². The van der Waals surface area contributed by atoms with Crippen LogP contribution in [-0.4, -0.2) is 67.0 Å². The summed E-state index contributed by atoms with van der Waals surface area (Å²) in [5.41, 5.74) is 1.83. The fourth-order valence-electron chi connectivity index (χ4n) is 7.18. The molecule has 0 aromatic heterocycles. The van der Waals surface area contributed by atoms with Crippen LogP contribution in [0.25, 0.3) is 0 Å². The van der Waals surface area contributed by atoms with Gasteiger partial charge in [-0.05, 0) is 74.8 Å². The number of esters is 1. The van der Waals surface area contributed by atoms with E-state index in [1.165, 1.54) is 0 Å². The van der Waals surface area contributed by atoms with Crippen molar-refractivity contribution < 1.29 is 28.7 Å². The van der Waals surface area contributed by atoms with Gasteiger partial charge in [-0.15, -0.1) is 0 Å². The lowest BCUT2D eigenvalue weighted by atomic mass is 9.62. The number of likely N-dealkylation sites (tertiary alicyclic amines) is 1. The number of rotatable bonds is 11. The maximum absolute atomic E-state index is 14.5. The van der Waals surface area contributed by atoms with Crippen LogP contribution < -0.4 is 15.4 Å². The van der Waals surface area contributed by atoms with Crippen LogP contribution in [0.2, 0.25) is 0 Å². The number of methoxy groups -OCH3 is 1. The quantitative estimate of drug-likeness (QED) is 0.264. The Morgan fingerprint density at radius 3 is 2.25 bits per heavy atom. The molecule has 1 aliphatic heterocycles. The molecular weight excluding hydrogens is 606 g/mol. The van der Waals surface area contributed by atoms with Crippen molar-refractivity contribution in [2.75, 3.05) is 20.2 Å². The van der Waals surface area contributed by atoms with Gasteiger partial charge in [0.05, 0.1) is 30.1 Å². The molecule has 5 rings (SSSR count). The van der Waals surface area contributed by atoms with E-state index in [4.69, 9.17) is 9.47 Å². The van der Waals surface area contributed by atoms with Crippen LogP contribution in [-0.2, 0) is 24.5 Å². The summed E-state index contributed by atoms with van der Waals surface area (Å²) in [6.45, 7) is 6.61. The zero-order valence-electron chi connectivity index (χ0n) is 28.4. The predicted molar refractivity (Wildman–Crippen MR) is 184 cm³/mol. The average Bonchev–Trinajstić information content (AvgIpc) is 3.11. The summed E-state index contributed by atoms with van der Waals surface area (Å²) in [6, 6.07) is 23.7. The van der Waals surface area contributed by atoms with E-state index < -0.39 is 23.3 Å². The molecule has 3 aromatic carbocycles. The van der Waals surface area contributed by atoms with E-state index in [1.807, 2.05) is 72.5 Å². The van der Waals surface area contributed by atoms with Gasteiger partial charge in [0.15, 0.2) is 0 Å². The molecule has 3 amide bonds. The number of ether oxygens (including phenoxy) is 2. The molecule has 9 heteroatoms. The highest BCUT2D eigenvalue weighted by atomic mass is 16.5. The van der Waals surface area contributed by atoms with Gasteiger partial charge in [-0.3, -0.25) is 14.4 Å². The lowest BCUT2D eigenvalue weighted by Crippen LogP contribution is -2.54. The van der Waals surface area contributed by atoms with Gasteiger partial charge >= 0.3 is 5.97 Å². The van der Waals surface area contributed by atoms with Crippen LogP contribution in [0.5, 0.6) is 5.75 Å². The molecule has 3 atom stereocenters. The van der Waals surface area contributed by atoms with Crippen LogP contribution >= 0.6 is 0 Å². The Balaban J connectivity index is 1.36. The molecule has 48 heavy (non-hydrogen) atoms. The summed E-state index contributed by atoms with van der Waals surface area (Å²) in [4.78, 5) is 56.6. The maximum Gasteiger partial charge on any atom is 0.328 e. The fourth-order valence-corrected chi connectivity index (χ4v) is 7.18. The van der Waals surface area contributed by atoms with Crippen molar-refractivity contribution in [3.8, 4) is 5.75 Å². The third-order valence-electron chi connectivity index (χ3n) is 9.57. The molecule has 0 saturated carbocycles. The summed E-state index contributed by atoms with van der Waals surface area (Å²) in [5.74, 6) is -0.755. The Morgan fingerprint density at radius 1 is 0.896 bits per heavy atom. The number of carbonyl (C=O) groups is 4. The molecule has 2 aliphatic rings. The normalized spacial score (nSPS) is 19.9. The van der Waals surface area contributed by atoms with Crippen molar-refractivity contribution in [1.82, 2.24) is 15.5 Å². The maximum atomic E-state index is 14.5. The minimum atomic E-state index is -1.09. The molecule has 9 nitrogen and oxygen atoms in total. The number of fused-ring (bicyclic) bond motifs is 1. The molecule has 0 spiro atoms. The highest BCUT2D eigenvalue weighted by Crippen LogP contribution is 2.48. The van der Waals surface area contributed by atoms with Gasteiger partial charge < -0.3 is 25.0 Å². The molecule has 0 radical (unpaired) electrons. The van der Waals surface area contributed by atoms with Crippen molar-refractivity contribution in [2.24, 2.45) is 0 Å². The van der Waals surface area contributed by atoms with Crippen molar-refractivity contribution in [3.05, 3.63) is 101 Å². The first-order chi connectivity index (χ1) is 23.2. The summed E-state index contributed by atoms with van der Waals surface area (Å²) < 4.78 is 10.9. The van der Waals surface area contributed by atoms with Crippen molar-refractivity contribution >= 4 is 23.7 Å². The lowest BCUT2D eigenvalue weighted by Gasteiger charge is -2.43. The standard InChI is InChI=1S/C39H47N3O6/c1-5-13-33(37(45)48-26(2)3)41-38(46)39(27-14-7-6-8-15-27)23-20-30(29-16-9-11-18-32(29)39)36(44)42-24-21-28(22-25-42)40-35(43)31-17-10-12-19-34(31)47-4/h6-12,14-19,26,28,30,33H,5,13,20-25H2,1-4H3,(H,40,43)(H,41,46)/t30-,33?,39+/m0/s1. The van der Waals surface area contributed by atoms with Gasteiger partial charge in [0.2, 0.25) is 11.8 Å². The summed E-state index contributed by atoms with van der Waals surface area (Å²) >= 11 is 0. The van der Waals surface area contributed by atoms with E-state index >= 15 is 0 Å². The van der Waals surface area contributed by atoms with Crippen LogP contribution in [0.4, 0.5) is 0 Å². The molecule has 1 aliphatic carbocycles. The number of benzene rings is 3. The number of hydrogen-bond acceptors (Lipinski definition) is 6. The minimum Gasteiger partial charge on any atom is -0.496 e. The molecule has 1 fully saturated rings. The number of amides is 3. The topological polar surface area (TPSA) is 114 Å². The second kappa shape index (κ2) is 15.5. The van der Waals surface area contributed by atoms with Crippen LogP contribution in [0, 0.1) is 0 Å². The van der Waals surface area contributed by atoms with E-state index in [-0.39, 0.29) is 29.9 Å². The first kappa shape index (κ1) is 34.7. The molecule has 1 saturated heterocycles. The monoisotopic (exact) mass is 653 g/mol. The highest BCUT2D eigenvalue weighted by Gasteiger charge is 2.49. The number of nitrogens with one attached hydrogen (secondary N) is 2. The number of nitrogens with zero attached hydrogens (tertiary/aromatic N) is 1. The largest absolute Gasteiger partial charge is 0.496 e. The zero-order chi connectivity index (χ0) is 34.3. The highest BCUT2D eigenvalue weighted by molar-refractivity contribution is 5.98.